The molecule has 7 nitrogen and oxygen atoms in total. The topological polar surface area (TPSA) is 70.2 Å². The van der Waals surface area contributed by atoms with Gasteiger partial charge in [0.05, 0.1) is 17.5 Å². The van der Waals surface area contributed by atoms with Gasteiger partial charge in [0.2, 0.25) is 10.0 Å². The molecule has 3 aliphatic heterocycles. The van der Waals surface area contributed by atoms with Gasteiger partial charge < -0.3 is 9.64 Å². The van der Waals surface area contributed by atoms with Crippen LogP contribution in [-0.2, 0) is 26.0 Å². The van der Waals surface area contributed by atoms with E-state index in [0.29, 0.717) is 26.1 Å². The standard InChI is InChI=1S/C31H34FN3O4S/c1-21-7-13-25(14-8-21)40(37,38)35-18-17-33(2)28-20-39-29(19-27(28)35)31(36)34-16-15-22-5-3-4-6-26(22)30(34)23-9-11-24(32)12-10-23/h3-14,27-30H,15-20H2,1-2H3/t27-,28-,29+,30-/m0/s1. The van der Waals surface area contributed by atoms with Gasteiger partial charge >= 0.3 is 0 Å². The number of likely N-dealkylation sites (N-methyl/N-ethyl adjacent to an activating group) is 1. The second kappa shape index (κ2) is 10.7. The number of carbonyl (C=O) groups is 1. The van der Waals surface area contributed by atoms with Gasteiger partial charge in [0.15, 0.2) is 0 Å². The van der Waals surface area contributed by atoms with Gasteiger partial charge in [-0.15, -0.1) is 0 Å². The molecule has 0 aliphatic carbocycles. The lowest BCUT2D eigenvalue weighted by Gasteiger charge is -2.50. The summed E-state index contributed by atoms with van der Waals surface area (Å²) < 4.78 is 49.1. The Morgan fingerprint density at radius 2 is 1.65 bits per heavy atom. The molecule has 40 heavy (non-hydrogen) atoms. The highest BCUT2D eigenvalue weighted by Crippen LogP contribution is 2.38. The molecule has 6 rings (SSSR count). The van der Waals surface area contributed by atoms with Crippen LogP contribution in [0.1, 0.15) is 34.7 Å². The third-order valence-corrected chi connectivity index (χ3v) is 10.6. The number of aryl methyl sites for hydroxylation is 1. The first-order valence-corrected chi connectivity index (χ1v) is 15.2. The van der Waals surface area contributed by atoms with Crippen LogP contribution in [0, 0.1) is 12.7 Å². The van der Waals surface area contributed by atoms with Gasteiger partial charge in [-0.05, 0) is 61.3 Å². The van der Waals surface area contributed by atoms with E-state index in [1.165, 1.54) is 12.1 Å². The normalized spacial score (nSPS) is 25.7. The number of sulfonamides is 1. The van der Waals surface area contributed by atoms with E-state index in [4.69, 9.17) is 4.74 Å². The zero-order chi connectivity index (χ0) is 28.0. The van der Waals surface area contributed by atoms with Crippen molar-refractivity contribution in [2.45, 2.75) is 48.9 Å². The second-order valence-corrected chi connectivity index (χ2v) is 12.9. The van der Waals surface area contributed by atoms with E-state index in [2.05, 4.69) is 11.0 Å². The van der Waals surface area contributed by atoms with Crippen molar-refractivity contribution in [1.29, 1.82) is 0 Å². The average molecular weight is 564 g/mol. The monoisotopic (exact) mass is 563 g/mol. The van der Waals surface area contributed by atoms with Crippen LogP contribution in [0.2, 0.25) is 0 Å². The maximum Gasteiger partial charge on any atom is 0.252 e. The Bertz CT molecular complexity index is 1500. The van der Waals surface area contributed by atoms with Crippen molar-refractivity contribution in [2.75, 3.05) is 33.3 Å². The molecule has 3 heterocycles. The van der Waals surface area contributed by atoms with E-state index in [1.807, 2.05) is 37.1 Å². The van der Waals surface area contributed by atoms with E-state index < -0.39 is 22.2 Å². The van der Waals surface area contributed by atoms with Crippen molar-refractivity contribution in [3.05, 3.63) is 101 Å². The third-order valence-electron chi connectivity index (χ3n) is 8.63. The van der Waals surface area contributed by atoms with Crippen molar-refractivity contribution in [3.8, 4) is 0 Å². The number of hydrogen-bond donors (Lipinski definition) is 0. The molecule has 1 amide bonds. The minimum absolute atomic E-state index is 0.145. The molecule has 3 aromatic carbocycles. The lowest BCUT2D eigenvalue weighted by Crippen LogP contribution is -2.65. The lowest BCUT2D eigenvalue weighted by atomic mass is 9.87. The molecular weight excluding hydrogens is 529 g/mol. The second-order valence-electron chi connectivity index (χ2n) is 11.0. The number of hydrogen-bond acceptors (Lipinski definition) is 5. The first kappa shape index (κ1) is 27.1. The van der Waals surface area contributed by atoms with E-state index in [9.17, 15) is 17.6 Å². The van der Waals surface area contributed by atoms with Gasteiger partial charge in [0.1, 0.15) is 11.9 Å². The van der Waals surface area contributed by atoms with Gasteiger partial charge in [0.25, 0.3) is 5.91 Å². The molecule has 9 heteroatoms. The fourth-order valence-electron chi connectivity index (χ4n) is 6.40. The first-order chi connectivity index (χ1) is 19.2. The Balaban J connectivity index is 1.30. The Labute approximate surface area is 235 Å². The summed E-state index contributed by atoms with van der Waals surface area (Å²) >= 11 is 0. The van der Waals surface area contributed by atoms with Crippen LogP contribution in [0.5, 0.6) is 0 Å². The van der Waals surface area contributed by atoms with Crippen LogP contribution in [0.3, 0.4) is 0 Å². The number of benzene rings is 3. The van der Waals surface area contributed by atoms with Crippen LogP contribution in [0.15, 0.2) is 77.7 Å². The Kier molecular flexibility index (Phi) is 7.25. The van der Waals surface area contributed by atoms with E-state index >= 15 is 0 Å². The number of rotatable bonds is 4. The molecule has 3 aromatic rings. The van der Waals surface area contributed by atoms with Crippen molar-refractivity contribution >= 4 is 15.9 Å². The smallest absolute Gasteiger partial charge is 0.252 e. The molecule has 210 valence electrons. The molecular formula is C31H34FN3O4S. The molecule has 0 unspecified atom stereocenters. The summed E-state index contributed by atoms with van der Waals surface area (Å²) in [5.41, 5.74) is 4.00. The lowest BCUT2D eigenvalue weighted by molar-refractivity contribution is -0.156. The highest BCUT2D eigenvalue weighted by atomic mass is 32.2. The molecule has 0 spiro atoms. The Morgan fingerprint density at radius 3 is 2.40 bits per heavy atom. The molecule has 2 fully saturated rings. The number of amides is 1. The minimum Gasteiger partial charge on any atom is -0.367 e. The molecule has 0 bridgehead atoms. The highest BCUT2D eigenvalue weighted by molar-refractivity contribution is 7.89. The van der Waals surface area contributed by atoms with Gasteiger partial charge in [-0.3, -0.25) is 9.69 Å². The largest absolute Gasteiger partial charge is 0.367 e. The quantitative estimate of drug-likeness (QED) is 0.484. The first-order valence-electron chi connectivity index (χ1n) is 13.8. The maximum absolute atomic E-state index is 14.2. The number of fused-ring (bicyclic) bond motifs is 2. The van der Waals surface area contributed by atoms with Gasteiger partial charge in [-0.1, -0.05) is 54.1 Å². The van der Waals surface area contributed by atoms with Crippen LogP contribution in [-0.4, -0.2) is 79.9 Å². The SMILES string of the molecule is Cc1ccc(S(=O)(=O)N2CCN(C)[C@H]3CO[C@@H](C(=O)N4CCc5ccccc5[C@@H]4c4ccc(F)cc4)C[C@@H]32)cc1. The van der Waals surface area contributed by atoms with Crippen LogP contribution < -0.4 is 0 Å². The number of halogens is 1. The summed E-state index contributed by atoms with van der Waals surface area (Å²) in [7, 11) is -1.78. The third kappa shape index (κ3) is 4.85. The Hall–Kier alpha value is -3.11. The molecule has 0 aromatic heterocycles. The Morgan fingerprint density at radius 1 is 0.925 bits per heavy atom. The van der Waals surface area contributed by atoms with Crippen LogP contribution in [0.4, 0.5) is 4.39 Å². The van der Waals surface area contributed by atoms with Crippen molar-refractivity contribution < 1.29 is 22.3 Å². The van der Waals surface area contributed by atoms with Crippen LogP contribution >= 0.6 is 0 Å². The van der Waals surface area contributed by atoms with Gasteiger partial charge in [0, 0.05) is 38.1 Å². The van der Waals surface area contributed by atoms with E-state index in [0.717, 1.165) is 22.3 Å². The summed E-state index contributed by atoms with van der Waals surface area (Å²) in [4.78, 5) is 18.4. The maximum atomic E-state index is 14.2. The van der Waals surface area contributed by atoms with Crippen molar-refractivity contribution in [2.24, 2.45) is 0 Å². The molecule has 3 aliphatic rings. The zero-order valence-corrected chi connectivity index (χ0v) is 23.6. The average Bonchev–Trinajstić information content (AvgIpc) is 2.97. The number of ether oxygens (including phenoxy) is 1. The van der Waals surface area contributed by atoms with E-state index in [-0.39, 0.29) is 41.7 Å². The summed E-state index contributed by atoms with van der Waals surface area (Å²) in [5.74, 6) is -0.494. The number of piperazine rings is 1. The minimum atomic E-state index is -3.75. The molecule has 0 saturated carbocycles. The fraction of sp³-hybridized carbons (Fsp3) is 0.387. The highest BCUT2D eigenvalue weighted by Gasteiger charge is 2.48. The molecule has 0 N–H and O–H groups in total. The van der Waals surface area contributed by atoms with Crippen molar-refractivity contribution in [1.82, 2.24) is 14.1 Å². The van der Waals surface area contributed by atoms with E-state index in [1.54, 1.807) is 40.7 Å². The predicted octanol–water partition coefficient (Wildman–Crippen LogP) is 3.77. The molecule has 0 radical (unpaired) electrons. The summed E-state index contributed by atoms with van der Waals surface area (Å²) in [6.07, 6.45) is 0.194. The molecule has 4 atom stereocenters. The summed E-state index contributed by atoms with van der Waals surface area (Å²) in [6, 6.07) is 20.3. The summed E-state index contributed by atoms with van der Waals surface area (Å²) in [6.45, 7) is 3.63. The summed E-state index contributed by atoms with van der Waals surface area (Å²) in [5, 5.41) is 0. The fourth-order valence-corrected chi connectivity index (χ4v) is 8.05. The van der Waals surface area contributed by atoms with Gasteiger partial charge in [-0.25, -0.2) is 12.8 Å². The predicted molar refractivity (Wildman–Crippen MR) is 150 cm³/mol. The molecule has 2 saturated heterocycles. The van der Waals surface area contributed by atoms with Crippen LogP contribution in [0.25, 0.3) is 0 Å². The van der Waals surface area contributed by atoms with Crippen molar-refractivity contribution in [3.63, 3.8) is 0 Å². The number of carbonyl (C=O) groups excluding carboxylic acids is 1. The van der Waals surface area contributed by atoms with Gasteiger partial charge in [-0.2, -0.15) is 4.31 Å². The zero-order valence-electron chi connectivity index (χ0n) is 22.7. The number of nitrogens with zero attached hydrogens (tertiary/aromatic N) is 3.